The molecule has 122 valence electrons. The Bertz CT molecular complexity index is 858. The van der Waals surface area contributed by atoms with Gasteiger partial charge in [-0.15, -0.1) is 0 Å². The number of rotatable bonds is 3. The summed E-state index contributed by atoms with van der Waals surface area (Å²) in [7, 11) is 1.95. The highest BCUT2D eigenvalue weighted by Crippen LogP contribution is 2.47. The standard InChI is InChI=1S/C18H15F2N3S/c1-22-17-8-12(18-13(9-21)14(19)5-6-15(18)20)4-7-16(17)23(24-22)10-11-2-3-11/h4-8,11H,2-3,10H2,1H3. The van der Waals surface area contributed by atoms with Crippen LogP contribution in [0.25, 0.3) is 11.1 Å². The molecule has 1 fully saturated rings. The summed E-state index contributed by atoms with van der Waals surface area (Å²) in [6, 6.07) is 9.35. The highest BCUT2D eigenvalue weighted by atomic mass is 32.2. The summed E-state index contributed by atoms with van der Waals surface area (Å²) in [5.41, 5.74) is 2.32. The van der Waals surface area contributed by atoms with Crippen molar-refractivity contribution in [3.63, 3.8) is 0 Å². The lowest BCUT2D eigenvalue weighted by Crippen LogP contribution is -2.16. The first-order valence-electron chi connectivity index (χ1n) is 7.80. The molecule has 0 atom stereocenters. The van der Waals surface area contributed by atoms with E-state index in [1.807, 2.05) is 23.5 Å². The fourth-order valence-corrected chi connectivity index (χ4v) is 4.04. The summed E-state index contributed by atoms with van der Waals surface area (Å²) in [5.74, 6) is -0.536. The second-order valence-electron chi connectivity index (χ2n) is 6.18. The molecule has 0 aromatic heterocycles. The molecule has 3 nitrogen and oxygen atoms in total. The first kappa shape index (κ1) is 15.3. The maximum Gasteiger partial charge on any atom is 0.141 e. The second-order valence-corrected chi connectivity index (χ2v) is 7.33. The molecule has 6 heteroatoms. The van der Waals surface area contributed by atoms with Crippen molar-refractivity contribution in [1.82, 2.24) is 0 Å². The number of benzene rings is 2. The third-order valence-corrected chi connectivity index (χ3v) is 5.41. The van der Waals surface area contributed by atoms with Crippen LogP contribution >= 0.6 is 12.1 Å². The minimum atomic E-state index is -0.701. The molecule has 0 spiro atoms. The van der Waals surface area contributed by atoms with Crippen LogP contribution in [0.3, 0.4) is 0 Å². The van der Waals surface area contributed by atoms with E-state index in [0.29, 0.717) is 5.56 Å². The van der Waals surface area contributed by atoms with Crippen LogP contribution in [0.15, 0.2) is 30.3 Å². The van der Waals surface area contributed by atoms with Crippen molar-refractivity contribution in [2.24, 2.45) is 5.92 Å². The highest BCUT2D eigenvalue weighted by Gasteiger charge is 2.31. The van der Waals surface area contributed by atoms with Crippen molar-refractivity contribution in [2.75, 3.05) is 22.2 Å². The molecule has 0 radical (unpaired) electrons. The van der Waals surface area contributed by atoms with Crippen molar-refractivity contribution in [3.8, 4) is 17.2 Å². The molecule has 1 heterocycles. The minimum absolute atomic E-state index is 0.0272. The Morgan fingerprint density at radius 3 is 2.62 bits per heavy atom. The van der Waals surface area contributed by atoms with E-state index in [2.05, 4.69) is 4.31 Å². The SMILES string of the molecule is CN1SN(CC2CC2)c2ccc(-c3c(F)ccc(F)c3C#N)cc21. The summed E-state index contributed by atoms with van der Waals surface area (Å²) in [6.45, 7) is 0.999. The lowest BCUT2D eigenvalue weighted by Gasteiger charge is -2.16. The van der Waals surface area contributed by atoms with Gasteiger partial charge in [-0.1, -0.05) is 6.07 Å². The maximum atomic E-state index is 14.3. The molecule has 2 aromatic rings. The number of hydrogen-bond donors (Lipinski definition) is 0. The number of hydrogen-bond acceptors (Lipinski definition) is 4. The van der Waals surface area contributed by atoms with Gasteiger partial charge in [0.25, 0.3) is 0 Å². The molecule has 1 aliphatic carbocycles. The monoisotopic (exact) mass is 343 g/mol. The number of nitriles is 1. The zero-order valence-corrected chi connectivity index (χ0v) is 13.9. The van der Waals surface area contributed by atoms with Crippen LogP contribution in [0.5, 0.6) is 0 Å². The molecule has 2 aliphatic rings. The first-order chi connectivity index (χ1) is 11.6. The van der Waals surface area contributed by atoms with Gasteiger partial charge >= 0.3 is 0 Å². The quantitative estimate of drug-likeness (QED) is 0.754. The number of nitrogens with zero attached hydrogens (tertiary/aromatic N) is 3. The lowest BCUT2D eigenvalue weighted by atomic mass is 9.98. The van der Waals surface area contributed by atoms with Crippen LogP contribution in [-0.2, 0) is 0 Å². The van der Waals surface area contributed by atoms with E-state index in [1.54, 1.807) is 24.3 Å². The highest BCUT2D eigenvalue weighted by molar-refractivity contribution is 8.02. The molecule has 4 rings (SSSR count). The van der Waals surface area contributed by atoms with Crippen molar-refractivity contribution >= 4 is 23.5 Å². The van der Waals surface area contributed by atoms with Crippen LogP contribution in [-0.4, -0.2) is 13.6 Å². The molecule has 0 bridgehead atoms. The van der Waals surface area contributed by atoms with Gasteiger partial charge < -0.3 is 0 Å². The lowest BCUT2D eigenvalue weighted by molar-refractivity contribution is 0.600. The van der Waals surface area contributed by atoms with E-state index in [-0.39, 0.29) is 11.1 Å². The smallest absolute Gasteiger partial charge is 0.141 e. The van der Waals surface area contributed by atoms with Gasteiger partial charge in [-0.2, -0.15) is 5.26 Å². The van der Waals surface area contributed by atoms with Crippen molar-refractivity contribution in [1.29, 1.82) is 5.26 Å². The van der Waals surface area contributed by atoms with Crippen LogP contribution in [0.2, 0.25) is 0 Å². The average molecular weight is 343 g/mol. The summed E-state index contributed by atoms with van der Waals surface area (Å²) in [6.07, 6.45) is 2.54. The fourth-order valence-electron chi connectivity index (χ4n) is 2.99. The van der Waals surface area contributed by atoms with Gasteiger partial charge in [0.05, 0.1) is 29.1 Å². The first-order valence-corrected chi connectivity index (χ1v) is 8.53. The number of anilines is 2. The topological polar surface area (TPSA) is 30.3 Å². The molecule has 0 unspecified atom stereocenters. The van der Waals surface area contributed by atoms with Crippen LogP contribution in [0, 0.1) is 28.9 Å². The zero-order chi connectivity index (χ0) is 16.8. The largest absolute Gasteiger partial charge is 0.300 e. The van der Waals surface area contributed by atoms with Crippen LogP contribution in [0.4, 0.5) is 20.2 Å². The Morgan fingerprint density at radius 1 is 1.17 bits per heavy atom. The molecule has 0 amide bonds. The third kappa shape index (κ3) is 2.49. The minimum Gasteiger partial charge on any atom is -0.300 e. The van der Waals surface area contributed by atoms with E-state index >= 15 is 0 Å². The van der Waals surface area contributed by atoms with Gasteiger partial charge in [-0.05, 0) is 48.6 Å². The van der Waals surface area contributed by atoms with E-state index in [9.17, 15) is 14.0 Å². The van der Waals surface area contributed by atoms with Gasteiger partial charge in [0.1, 0.15) is 17.7 Å². The Labute approximate surface area is 143 Å². The van der Waals surface area contributed by atoms with E-state index < -0.39 is 11.6 Å². The molecule has 0 N–H and O–H groups in total. The summed E-state index contributed by atoms with van der Waals surface area (Å²) in [4.78, 5) is 0. The van der Waals surface area contributed by atoms with Gasteiger partial charge in [0, 0.05) is 19.2 Å². The predicted molar refractivity (Wildman–Crippen MR) is 92.6 cm³/mol. The second kappa shape index (κ2) is 5.67. The van der Waals surface area contributed by atoms with Gasteiger partial charge in [-0.3, -0.25) is 8.61 Å². The van der Waals surface area contributed by atoms with Crippen molar-refractivity contribution in [3.05, 3.63) is 47.5 Å². The van der Waals surface area contributed by atoms with E-state index in [1.165, 1.54) is 12.8 Å². The van der Waals surface area contributed by atoms with E-state index in [4.69, 9.17) is 0 Å². The molecule has 0 saturated heterocycles. The molecule has 1 aliphatic heterocycles. The molecule has 1 saturated carbocycles. The molecular weight excluding hydrogens is 328 g/mol. The molecular formula is C18H15F2N3S. The van der Waals surface area contributed by atoms with Crippen molar-refractivity contribution < 1.29 is 8.78 Å². The normalized spacial score (nSPS) is 16.2. The Morgan fingerprint density at radius 2 is 1.92 bits per heavy atom. The zero-order valence-electron chi connectivity index (χ0n) is 13.1. The number of halogens is 2. The van der Waals surface area contributed by atoms with Crippen LogP contribution in [0.1, 0.15) is 18.4 Å². The summed E-state index contributed by atoms with van der Waals surface area (Å²) < 4.78 is 32.4. The van der Waals surface area contributed by atoms with Gasteiger partial charge in [0.2, 0.25) is 0 Å². The molecule has 2 aromatic carbocycles. The predicted octanol–water partition coefficient (Wildman–Crippen LogP) is 4.73. The van der Waals surface area contributed by atoms with E-state index in [0.717, 1.165) is 36.0 Å². The fraction of sp³-hybridized carbons (Fsp3) is 0.278. The molecule has 24 heavy (non-hydrogen) atoms. The van der Waals surface area contributed by atoms with Crippen LogP contribution < -0.4 is 8.61 Å². The van der Waals surface area contributed by atoms with Gasteiger partial charge in [-0.25, -0.2) is 8.78 Å². The van der Waals surface area contributed by atoms with Crippen molar-refractivity contribution in [2.45, 2.75) is 12.8 Å². The summed E-state index contributed by atoms with van der Waals surface area (Å²) in [5, 5.41) is 9.20. The Balaban J connectivity index is 1.79. The number of fused-ring (bicyclic) bond motifs is 1. The third-order valence-electron chi connectivity index (χ3n) is 4.43. The summed E-state index contributed by atoms with van der Waals surface area (Å²) >= 11 is 1.62. The average Bonchev–Trinajstić information content (AvgIpc) is 3.34. The Hall–Kier alpha value is -2.26. The Kier molecular flexibility index (Phi) is 3.61. The maximum absolute atomic E-state index is 14.3. The van der Waals surface area contributed by atoms with Gasteiger partial charge in [0.15, 0.2) is 0 Å².